The highest BCUT2D eigenvalue weighted by Gasteiger charge is 2.14. The van der Waals surface area contributed by atoms with Crippen molar-refractivity contribution in [1.29, 1.82) is 0 Å². The Morgan fingerprint density at radius 3 is 3.07 bits per heavy atom. The minimum Gasteiger partial charge on any atom is -0.449 e. The molecule has 0 aliphatic heterocycles. The van der Waals surface area contributed by atoms with Crippen molar-refractivity contribution in [2.75, 3.05) is 0 Å². The number of ether oxygens (including phenoxy) is 1. The summed E-state index contributed by atoms with van der Waals surface area (Å²) in [6, 6.07) is 2.98. The van der Waals surface area contributed by atoms with E-state index in [0.717, 1.165) is 6.39 Å². The fourth-order valence-electron chi connectivity index (χ4n) is 1.00. The van der Waals surface area contributed by atoms with Gasteiger partial charge in [-0.15, -0.1) is 10.2 Å². The van der Waals surface area contributed by atoms with E-state index in [2.05, 4.69) is 19.9 Å². The van der Waals surface area contributed by atoms with Crippen LogP contribution >= 0.6 is 0 Å². The topological polar surface area (TPSA) is 98.3 Å². The van der Waals surface area contributed by atoms with Crippen LogP contribution in [0.25, 0.3) is 11.6 Å². The Balaban J connectivity index is 2.42. The Morgan fingerprint density at radius 2 is 2.40 bits per heavy atom. The lowest BCUT2D eigenvalue weighted by atomic mass is 10.3. The van der Waals surface area contributed by atoms with Crippen LogP contribution < -0.4 is 4.74 Å². The first kappa shape index (κ1) is 9.13. The molecule has 2 heterocycles. The van der Waals surface area contributed by atoms with E-state index in [1.807, 2.05) is 0 Å². The molecule has 15 heavy (non-hydrogen) atoms. The number of hydrogen-bond donors (Lipinski definition) is 1. The van der Waals surface area contributed by atoms with E-state index in [-0.39, 0.29) is 17.3 Å². The summed E-state index contributed by atoms with van der Waals surface area (Å²) in [6.45, 7) is 0. The highest BCUT2D eigenvalue weighted by Crippen LogP contribution is 2.25. The van der Waals surface area contributed by atoms with E-state index in [0.29, 0.717) is 0 Å². The first-order valence-corrected chi connectivity index (χ1v) is 3.89. The average molecular weight is 207 g/mol. The number of hydrogen-bond acceptors (Lipinski definition) is 6. The van der Waals surface area contributed by atoms with Gasteiger partial charge in [0.1, 0.15) is 0 Å². The van der Waals surface area contributed by atoms with Crippen molar-refractivity contribution in [1.82, 2.24) is 15.2 Å². The smallest absolute Gasteiger partial charge is 0.449 e. The molecule has 0 amide bonds. The monoisotopic (exact) mass is 207 g/mol. The highest BCUT2D eigenvalue weighted by molar-refractivity contribution is 5.66. The quantitative estimate of drug-likeness (QED) is 0.738. The normalized spacial score (nSPS) is 9.87. The van der Waals surface area contributed by atoms with Gasteiger partial charge >= 0.3 is 6.16 Å². The number of rotatable bonds is 2. The molecular formula is C8H5N3O4. The van der Waals surface area contributed by atoms with Crippen molar-refractivity contribution in [3.05, 3.63) is 24.7 Å². The minimum absolute atomic E-state index is 0.0502. The highest BCUT2D eigenvalue weighted by atomic mass is 16.7. The maximum absolute atomic E-state index is 10.4. The summed E-state index contributed by atoms with van der Waals surface area (Å²) in [5.41, 5.74) is 0.192. The van der Waals surface area contributed by atoms with Gasteiger partial charge < -0.3 is 14.3 Å². The maximum atomic E-state index is 10.4. The summed E-state index contributed by atoms with van der Waals surface area (Å²) >= 11 is 0. The number of aromatic nitrogens is 3. The van der Waals surface area contributed by atoms with Crippen LogP contribution in [-0.2, 0) is 0 Å². The van der Waals surface area contributed by atoms with Gasteiger partial charge in [0.15, 0.2) is 11.4 Å². The van der Waals surface area contributed by atoms with Crippen LogP contribution in [0.2, 0.25) is 0 Å². The fourth-order valence-corrected chi connectivity index (χ4v) is 1.00. The fraction of sp³-hybridized carbons (Fsp3) is 0. The third-order valence-electron chi connectivity index (χ3n) is 1.53. The summed E-state index contributed by atoms with van der Waals surface area (Å²) in [5.74, 6) is 0.154. The number of carboxylic acid groups (broad SMARTS) is 1. The van der Waals surface area contributed by atoms with E-state index in [1.165, 1.54) is 18.3 Å². The van der Waals surface area contributed by atoms with Crippen molar-refractivity contribution in [2.45, 2.75) is 0 Å². The standard InChI is InChI=1S/C8H5N3O4/c12-8(13)15-5-2-1-3-9-6(5)7-11-10-4-14-7/h1-4H,(H,12,13). The predicted octanol–water partition coefficient (Wildman–Crippen LogP) is 1.19. The van der Waals surface area contributed by atoms with E-state index in [4.69, 9.17) is 9.52 Å². The summed E-state index contributed by atoms with van der Waals surface area (Å²) < 4.78 is 9.38. The van der Waals surface area contributed by atoms with Gasteiger partial charge in [-0.25, -0.2) is 9.78 Å². The molecule has 0 unspecified atom stereocenters. The zero-order chi connectivity index (χ0) is 10.7. The minimum atomic E-state index is -1.43. The molecule has 0 atom stereocenters. The first-order chi connectivity index (χ1) is 7.27. The molecule has 1 N–H and O–H groups in total. The zero-order valence-corrected chi connectivity index (χ0v) is 7.32. The van der Waals surface area contributed by atoms with Gasteiger partial charge in [-0.1, -0.05) is 0 Å². The van der Waals surface area contributed by atoms with Crippen LogP contribution in [0.1, 0.15) is 0 Å². The van der Waals surface area contributed by atoms with Crippen molar-refractivity contribution in [3.8, 4) is 17.3 Å². The first-order valence-electron chi connectivity index (χ1n) is 3.89. The Bertz CT molecular complexity index is 468. The van der Waals surface area contributed by atoms with E-state index in [1.54, 1.807) is 0 Å². The van der Waals surface area contributed by atoms with Gasteiger partial charge in [-0.3, -0.25) is 0 Å². The van der Waals surface area contributed by atoms with E-state index < -0.39 is 6.16 Å². The molecule has 7 heteroatoms. The lowest BCUT2D eigenvalue weighted by Gasteiger charge is -2.01. The number of nitrogens with zero attached hydrogens (tertiary/aromatic N) is 3. The van der Waals surface area contributed by atoms with Crippen molar-refractivity contribution >= 4 is 6.16 Å². The molecule has 0 saturated heterocycles. The molecular weight excluding hydrogens is 202 g/mol. The van der Waals surface area contributed by atoms with Gasteiger partial charge in [0.25, 0.3) is 5.89 Å². The third-order valence-corrected chi connectivity index (χ3v) is 1.53. The molecule has 0 spiro atoms. The van der Waals surface area contributed by atoms with Crippen LogP contribution in [-0.4, -0.2) is 26.4 Å². The summed E-state index contributed by atoms with van der Waals surface area (Å²) in [7, 11) is 0. The lowest BCUT2D eigenvalue weighted by Crippen LogP contribution is -2.04. The Labute approximate surface area is 83.3 Å². The summed E-state index contributed by atoms with van der Waals surface area (Å²) in [6.07, 6.45) is 1.16. The van der Waals surface area contributed by atoms with Crippen molar-refractivity contribution < 1.29 is 19.1 Å². The largest absolute Gasteiger partial charge is 0.511 e. The molecule has 76 valence electrons. The molecule has 0 bridgehead atoms. The molecule has 2 rings (SSSR count). The third kappa shape index (κ3) is 1.90. The molecule has 2 aromatic rings. The van der Waals surface area contributed by atoms with Gasteiger partial charge in [0.2, 0.25) is 6.39 Å². The lowest BCUT2D eigenvalue weighted by molar-refractivity contribution is 0.144. The number of pyridine rings is 1. The Morgan fingerprint density at radius 1 is 1.53 bits per heavy atom. The van der Waals surface area contributed by atoms with Crippen LogP contribution in [0.3, 0.4) is 0 Å². The molecule has 0 aromatic carbocycles. The van der Waals surface area contributed by atoms with Crippen molar-refractivity contribution in [2.24, 2.45) is 0 Å². The maximum Gasteiger partial charge on any atom is 0.511 e. The zero-order valence-electron chi connectivity index (χ0n) is 7.32. The molecule has 0 aliphatic rings. The average Bonchev–Trinajstić information content (AvgIpc) is 2.70. The van der Waals surface area contributed by atoms with Crippen LogP contribution in [0.4, 0.5) is 4.79 Å². The second-order valence-corrected chi connectivity index (χ2v) is 2.46. The van der Waals surface area contributed by atoms with Gasteiger partial charge in [-0.2, -0.15) is 0 Å². The Hall–Kier alpha value is -2.44. The number of carbonyl (C=O) groups is 1. The Kier molecular flexibility index (Phi) is 2.28. The molecule has 2 aromatic heterocycles. The van der Waals surface area contributed by atoms with E-state index in [9.17, 15) is 4.79 Å². The molecule has 0 saturated carbocycles. The van der Waals surface area contributed by atoms with Crippen molar-refractivity contribution in [3.63, 3.8) is 0 Å². The van der Waals surface area contributed by atoms with Gasteiger partial charge in [0.05, 0.1) is 0 Å². The second kappa shape index (κ2) is 3.74. The van der Waals surface area contributed by atoms with Gasteiger partial charge in [0, 0.05) is 6.20 Å². The molecule has 0 radical (unpaired) electrons. The van der Waals surface area contributed by atoms with E-state index >= 15 is 0 Å². The molecule has 0 aliphatic carbocycles. The molecule has 0 fully saturated rings. The summed E-state index contributed by atoms with van der Waals surface area (Å²) in [4.78, 5) is 14.3. The second-order valence-electron chi connectivity index (χ2n) is 2.46. The van der Waals surface area contributed by atoms with Crippen LogP contribution in [0.15, 0.2) is 29.1 Å². The van der Waals surface area contributed by atoms with Crippen LogP contribution in [0.5, 0.6) is 5.75 Å². The summed E-state index contributed by atoms with van der Waals surface area (Å²) in [5, 5.41) is 15.5. The predicted molar refractivity (Wildman–Crippen MR) is 46.2 cm³/mol. The molecule has 7 nitrogen and oxygen atoms in total. The SMILES string of the molecule is O=C(O)Oc1cccnc1-c1nnco1. The van der Waals surface area contributed by atoms with Crippen LogP contribution in [0, 0.1) is 0 Å². The van der Waals surface area contributed by atoms with Gasteiger partial charge in [-0.05, 0) is 12.1 Å².